The van der Waals surface area contributed by atoms with E-state index in [2.05, 4.69) is 34.4 Å². The largest absolute Gasteiger partial charge is 0.455 e. The number of rotatable bonds is 16. The molecule has 10 nitrogen and oxygen atoms in total. The van der Waals surface area contributed by atoms with E-state index < -0.39 is 59.6 Å². The average molecular weight is 779 g/mol. The number of fused-ring (bicyclic) bond motifs is 1. The number of likely N-dealkylation sites (tertiary alicyclic amines) is 1. The molecule has 2 bridgehead atoms. The Labute approximate surface area is 315 Å². The fourth-order valence-electron chi connectivity index (χ4n) is 8.53. The van der Waals surface area contributed by atoms with Crippen LogP contribution in [-0.2, 0) is 28.7 Å². The van der Waals surface area contributed by atoms with Gasteiger partial charge in [-0.25, -0.2) is 0 Å². The number of aliphatic hydroxyl groups is 1. The summed E-state index contributed by atoms with van der Waals surface area (Å²) in [6.07, 6.45) is 3.39. The van der Waals surface area contributed by atoms with E-state index in [4.69, 9.17) is 9.47 Å². The number of benzene rings is 2. The molecule has 10 atom stereocenters. The van der Waals surface area contributed by atoms with E-state index in [1.807, 2.05) is 76.2 Å². The lowest BCUT2D eigenvalue weighted by atomic mass is 9.70. The molecule has 0 saturated carbocycles. The maximum absolute atomic E-state index is 15.2. The predicted molar refractivity (Wildman–Crippen MR) is 204 cm³/mol. The first kappa shape index (κ1) is 39.4. The Morgan fingerprint density at radius 3 is 2.38 bits per heavy atom. The van der Waals surface area contributed by atoms with E-state index in [1.165, 1.54) is 4.90 Å². The quantitative estimate of drug-likeness (QED) is 0.127. The summed E-state index contributed by atoms with van der Waals surface area (Å²) in [6, 6.07) is 12.5. The summed E-state index contributed by atoms with van der Waals surface area (Å²) in [4.78, 5) is 60.3. The van der Waals surface area contributed by atoms with Gasteiger partial charge in [0.05, 0.1) is 36.6 Å². The van der Waals surface area contributed by atoms with E-state index >= 15 is 4.79 Å². The number of amides is 3. The van der Waals surface area contributed by atoms with E-state index in [0.29, 0.717) is 24.8 Å². The van der Waals surface area contributed by atoms with E-state index in [1.54, 1.807) is 24.0 Å². The van der Waals surface area contributed by atoms with Crippen molar-refractivity contribution < 1.29 is 33.8 Å². The molecule has 0 radical (unpaired) electrons. The van der Waals surface area contributed by atoms with Crippen LogP contribution in [0.15, 0.2) is 73.8 Å². The van der Waals surface area contributed by atoms with Crippen molar-refractivity contribution in [3.8, 4) is 0 Å². The van der Waals surface area contributed by atoms with Crippen LogP contribution in [0.25, 0.3) is 0 Å². The number of allylic oxidation sites excluding steroid dienone is 1. The highest BCUT2D eigenvalue weighted by atomic mass is 79.9. The molecular weight excluding hydrogens is 726 g/mol. The van der Waals surface area contributed by atoms with Gasteiger partial charge in [-0.05, 0) is 56.2 Å². The number of halogens is 1. The van der Waals surface area contributed by atoms with Gasteiger partial charge in [0.15, 0.2) is 0 Å². The third-order valence-corrected chi connectivity index (χ3v) is 12.0. The number of anilines is 1. The Hall–Kier alpha value is -3.80. The molecule has 3 fully saturated rings. The van der Waals surface area contributed by atoms with Crippen molar-refractivity contribution in [1.82, 2.24) is 10.2 Å². The summed E-state index contributed by atoms with van der Waals surface area (Å²) in [5.41, 5.74) is 1.79. The van der Waals surface area contributed by atoms with Gasteiger partial charge in [0.1, 0.15) is 17.7 Å². The highest BCUT2D eigenvalue weighted by Crippen LogP contribution is 2.61. The van der Waals surface area contributed by atoms with Crippen molar-refractivity contribution >= 4 is 45.3 Å². The molecular formula is C41H52BrN3O7. The number of alkyl halides is 1. The molecule has 52 heavy (non-hydrogen) atoms. The van der Waals surface area contributed by atoms with Crippen molar-refractivity contribution in [1.29, 1.82) is 0 Å². The Morgan fingerprint density at radius 2 is 1.79 bits per heavy atom. The number of aryl methyl sites for hydroxylation is 2. The molecule has 5 rings (SSSR count). The highest BCUT2D eigenvalue weighted by Gasteiger charge is 2.78. The Balaban J connectivity index is 1.58. The van der Waals surface area contributed by atoms with Gasteiger partial charge in [-0.2, -0.15) is 0 Å². The number of para-hydroxylation sites is 1. The molecule has 3 saturated heterocycles. The molecule has 0 aliphatic carbocycles. The lowest BCUT2D eigenvalue weighted by Gasteiger charge is -2.41. The first-order valence-corrected chi connectivity index (χ1v) is 19.2. The van der Waals surface area contributed by atoms with Crippen LogP contribution in [0, 0.1) is 31.6 Å². The fraction of sp³-hybridized carbons (Fsp3) is 0.512. The summed E-state index contributed by atoms with van der Waals surface area (Å²) >= 11 is 3.76. The average Bonchev–Trinajstić information content (AvgIpc) is 3.72. The Bertz CT molecular complexity index is 1650. The molecule has 280 valence electrons. The van der Waals surface area contributed by atoms with Crippen LogP contribution in [0.2, 0.25) is 0 Å². The molecule has 0 aromatic heterocycles. The molecule has 2 N–H and O–H groups in total. The van der Waals surface area contributed by atoms with Crippen LogP contribution >= 0.6 is 15.9 Å². The summed E-state index contributed by atoms with van der Waals surface area (Å²) in [6.45, 7) is 17.0. The molecule has 3 amide bonds. The van der Waals surface area contributed by atoms with Crippen molar-refractivity contribution in [3.05, 3.63) is 90.5 Å². The van der Waals surface area contributed by atoms with Crippen molar-refractivity contribution in [2.24, 2.45) is 17.8 Å². The van der Waals surface area contributed by atoms with Gasteiger partial charge in [0.25, 0.3) is 5.91 Å². The van der Waals surface area contributed by atoms with Gasteiger partial charge in [-0.1, -0.05) is 96.9 Å². The molecule has 3 aliphatic heterocycles. The second kappa shape index (κ2) is 16.5. The van der Waals surface area contributed by atoms with Crippen LogP contribution < -0.4 is 10.2 Å². The highest BCUT2D eigenvalue weighted by molar-refractivity contribution is 9.09. The third kappa shape index (κ3) is 7.11. The normalized spacial score (nSPS) is 26.9. The number of nitrogens with one attached hydrogen (secondary N) is 1. The minimum Gasteiger partial charge on any atom is -0.455 e. The zero-order valence-corrected chi connectivity index (χ0v) is 32.4. The van der Waals surface area contributed by atoms with E-state index in [0.717, 1.165) is 16.8 Å². The second-order valence-electron chi connectivity index (χ2n) is 14.5. The molecule has 11 heteroatoms. The predicted octanol–water partition coefficient (Wildman–Crippen LogP) is 5.73. The van der Waals surface area contributed by atoms with Gasteiger partial charge in [-0.15, -0.1) is 13.2 Å². The van der Waals surface area contributed by atoms with Crippen LogP contribution in [-0.4, -0.2) is 81.5 Å². The second-order valence-corrected chi connectivity index (χ2v) is 15.7. The van der Waals surface area contributed by atoms with Crippen molar-refractivity contribution in [2.45, 2.75) is 101 Å². The van der Waals surface area contributed by atoms with Crippen LogP contribution in [0.3, 0.4) is 0 Å². The fourth-order valence-corrected chi connectivity index (χ4v) is 9.47. The number of carbonyl (C=O) groups is 4. The first-order valence-electron chi connectivity index (χ1n) is 18.3. The van der Waals surface area contributed by atoms with Crippen LogP contribution in [0.5, 0.6) is 0 Å². The maximum atomic E-state index is 15.2. The summed E-state index contributed by atoms with van der Waals surface area (Å²) in [5.74, 6) is -3.88. The van der Waals surface area contributed by atoms with Crippen molar-refractivity contribution in [2.75, 3.05) is 18.1 Å². The topological polar surface area (TPSA) is 125 Å². The number of ether oxygens (including phenoxy) is 2. The Morgan fingerprint density at radius 1 is 1.12 bits per heavy atom. The summed E-state index contributed by atoms with van der Waals surface area (Å²) < 4.78 is 13.1. The van der Waals surface area contributed by atoms with E-state index in [-0.39, 0.29) is 42.1 Å². The number of nitrogens with zero attached hydrogens (tertiary/aromatic N) is 2. The Kier molecular flexibility index (Phi) is 12.5. The van der Waals surface area contributed by atoms with Crippen LogP contribution in [0.4, 0.5) is 5.69 Å². The smallest absolute Gasteiger partial charge is 0.313 e. The zero-order valence-electron chi connectivity index (χ0n) is 30.8. The minimum absolute atomic E-state index is 0.164. The van der Waals surface area contributed by atoms with Gasteiger partial charge < -0.3 is 29.7 Å². The summed E-state index contributed by atoms with van der Waals surface area (Å²) in [7, 11) is 0. The molecule has 1 unspecified atom stereocenters. The summed E-state index contributed by atoms with van der Waals surface area (Å²) in [5, 5.41) is 13.8. The number of hydrogen-bond donors (Lipinski definition) is 2. The monoisotopic (exact) mass is 777 g/mol. The van der Waals surface area contributed by atoms with Gasteiger partial charge >= 0.3 is 5.97 Å². The number of hydrogen-bond acceptors (Lipinski definition) is 7. The van der Waals surface area contributed by atoms with Crippen molar-refractivity contribution in [3.63, 3.8) is 0 Å². The third-order valence-electron chi connectivity index (χ3n) is 11.2. The standard InChI is InChI=1S/C41H52BrN3O7/c1-8-11-20-31(47)43-27(7)35(28-18-13-12-14-19-28)51-40(50)32-33-38(48)45(30(23-46)24(4)10-3)37(41(33)22-29(42)36(32)52-41)39(49)44(21-9-2)34-25(5)16-15-17-26(34)6/h8-9,12-19,24,27,29-30,32-33,35-37,46H,1-2,10-11,20-23H2,3-7H3,(H,43,47)/t24-,27+,29?,30-,32+,33-,35+,36+,37+,41-/m0/s1. The lowest BCUT2D eigenvalue weighted by molar-refractivity contribution is -0.162. The minimum atomic E-state index is -1.37. The van der Waals surface area contributed by atoms with E-state index in [9.17, 15) is 19.5 Å². The van der Waals surface area contributed by atoms with Gasteiger partial charge in [0, 0.05) is 23.5 Å². The molecule has 3 aliphatic rings. The molecule has 2 aromatic carbocycles. The SMILES string of the molecule is C=CCCC(=O)N[C@H](C)[C@@H](OC(=O)[C@H]1[C@@H]2O[C@@]3(CC2Br)[C@@H]1C(=O)N([C@@H](CO)[C@@H](C)CC)[C@@H]3C(=O)N(CC=C)c1c(C)cccc1C)c1ccccc1. The maximum Gasteiger partial charge on any atom is 0.313 e. The molecule has 3 heterocycles. The number of esters is 1. The van der Waals surface area contributed by atoms with Gasteiger partial charge in [0.2, 0.25) is 11.8 Å². The molecule has 1 spiro atoms. The number of carbonyl (C=O) groups excluding carboxylic acids is 4. The van der Waals surface area contributed by atoms with Crippen LogP contribution in [0.1, 0.15) is 69.2 Å². The number of aliphatic hydroxyl groups excluding tert-OH is 1. The molecule has 2 aromatic rings. The lowest BCUT2D eigenvalue weighted by Crippen LogP contribution is -2.60. The first-order chi connectivity index (χ1) is 24.9. The zero-order chi connectivity index (χ0) is 37.9. The van der Waals surface area contributed by atoms with Gasteiger partial charge in [-0.3, -0.25) is 19.2 Å².